The fourth-order valence-electron chi connectivity index (χ4n) is 1.70. The van der Waals surface area contributed by atoms with Crippen molar-refractivity contribution in [3.05, 3.63) is 35.4 Å². The van der Waals surface area contributed by atoms with Gasteiger partial charge in [-0.25, -0.2) is 0 Å². The number of benzene rings is 1. The number of H-pyrrole nitrogens is 2. The Hall–Kier alpha value is -2.92. The van der Waals surface area contributed by atoms with Crippen LogP contribution in [0.2, 0.25) is 5.15 Å². The molecule has 0 bridgehead atoms. The Morgan fingerprint density at radius 3 is 3.05 bits per heavy atom. The van der Waals surface area contributed by atoms with Gasteiger partial charge in [-0.3, -0.25) is 5.10 Å². The zero-order valence-electron chi connectivity index (χ0n) is 9.92. The highest BCUT2D eigenvalue weighted by atomic mass is 35.5. The average molecular weight is 287 g/mol. The van der Waals surface area contributed by atoms with Crippen LogP contribution in [-0.4, -0.2) is 30.8 Å². The van der Waals surface area contributed by atoms with Gasteiger partial charge < -0.3 is 5.32 Å². The fraction of sp³-hybridized carbons (Fsp3) is 0. The third-order valence-corrected chi connectivity index (χ3v) is 2.91. The molecule has 3 rings (SSSR count). The zero-order chi connectivity index (χ0) is 13.9. The molecule has 1 aromatic carbocycles. The summed E-state index contributed by atoms with van der Waals surface area (Å²) in [5, 5.41) is 33.3. The summed E-state index contributed by atoms with van der Waals surface area (Å²) in [7, 11) is 0. The van der Waals surface area contributed by atoms with E-state index in [1.54, 1.807) is 0 Å². The van der Waals surface area contributed by atoms with Crippen molar-refractivity contribution in [2.24, 2.45) is 0 Å². The predicted molar refractivity (Wildman–Crippen MR) is 72.5 cm³/mol. The van der Waals surface area contributed by atoms with Crippen molar-refractivity contribution in [1.29, 1.82) is 5.26 Å². The van der Waals surface area contributed by atoms with Crippen molar-refractivity contribution in [1.82, 2.24) is 30.8 Å². The summed E-state index contributed by atoms with van der Waals surface area (Å²) in [6.07, 6.45) is 1.49. The van der Waals surface area contributed by atoms with Gasteiger partial charge in [-0.1, -0.05) is 17.7 Å². The van der Waals surface area contributed by atoms with Gasteiger partial charge in [-0.15, -0.1) is 10.2 Å². The number of aromatic amines is 2. The smallest absolute Gasteiger partial charge is 0.216 e. The molecule has 0 aliphatic carbocycles. The van der Waals surface area contributed by atoms with Gasteiger partial charge in [0, 0.05) is 11.6 Å². The number of halogens is 1. The molecule has 0 saturated heterocycles. The summed E-state index contributed by atoms with van der Waals surface area (Å²) >= 11 is 5.97. The maximum Gasteiger partial charge on any atom is 0.216 e. The van der Waals surface area contributed by atoms with E-state index in [2.05, 4.69) is 36.1 Å². The topological polar surface area (TPSA) is 119 Å². The first kappa shape index (κ1) is 12.1. The van der Waals surface area contributed by atoms with Crippen LogP contribution < -0.4 is 5.32 Å². The first-order valence-corrected chi connectivity index (χ1v) is 5.90. The number of hydrogen-bond donors (Lipinski definition) is 3. The zero-order valence-corrected chi connectivity index (χ0v) is 10.7. The lowest BCUT2D eigenvalue weighted by molar-refractivity contribution is 0.881. The molecule has 2 heterocycles. The summed E-state index contributed by atoms with van der Waals surface area (Å²) in [5.74, 6) is 0.215. The molecular weight excluding hydrogens is 280 g/mol. The summed E-state index contributed by atoms with van der Waals surface area (Å²) in [6.45, 7) is 0. The SMILES string of the molecule is N#CC(=CNc1cccc2c(Cl)[nH]nc12)c1nn[nH]n1. The van der Waals surface area contributed by atoms with Crippen LogP contribution in [0.5, 0.6) is 0 Å². The van der Waals surface area contributed by atoms with E-state index in [1.807, 2.05) is 24.3 Å². The maximum atomic E-state index is 9.07. The monoisotopic (exact) mass is 286 g/mol. The molecule has 2 aromatic heterocycles. The fourth-order valence-corrected chi connectivity index (χ4v) is 1.89. The summed E-state index contributed by atoms with van der Waals surface area (Å²) in [4.78, 5) is 0. The first-order chi connectivity index (χ1) is 9.79. The number of nitrogens with zero attached hydrogens (tertiary/aromatic N) is 5. The second kappa shape index (κ2) is 4.99. The number of allylic oxidation sites excluding steroid dienone is 1. The van der Waals surface area contributed by atoms with Crippen LogP contribution in [0, 0.1) is 11.3 Å². The Morgan fingerprint density at radius 2 is 2.30 bits per heavy atom. The molecule has 98 valence electrons. The number of tetrazole rings is 1. The molecule has 0 radical (unpaired) electrons. The van der Waals surface area contributed by atoms with Gasteiger partial charge in [0.15, 0.2) is 0 Å². The van der Waals surface area contributed by atoms with E-state index in [4.69, 9.17) is 16.9 Å². The van der Waals surface area contributed by atoms with Crippen molar-refractivity contribution in [3.8, 4) is 6.07 Å². The molecule has 0 aliphatic rings. The number of para-hydroxylation sites is 1. The Balaban J connectivity index is 1.96. The predicted octanol–water partition coefficient (Wildman–Crippen LogP) is 1.71. The van der Waals surface area contributed by atoms with Crippen molar-refractivity contribution < 1.29 is 0 Å². The molecule has 0 fully saturated rings. The van der Waals surface area contributed by atoms with E-state index in [9.17, 15) is 0 Å². The molecule has 20 heavy (non-hydrogen) atoms. The van der Waals surface area contributed by atoms with E-state index in [-0.39, 0.29) is 11.4 Å². The van der Waals surface area contributed by atoms with E-state index in [1.165, 1.54) is 6.20 Å². The normalized spacial score (nSPS) is 11.5. The number of nitrogens with one attached hydrogen (secondary N) is 3. The number of anilines is 1. The molecule has 8 nitrogen and oxygen atoms in total. The van der Waals surface area contributed by atoms with Gasteiger partial charge in [0.05, 0.1) is 5.69 Å². The second-order valence-electron chi connectivity index (χ2n) is 3.79. The third kappa shape index (κ3) is 2.06. The average Bonchev–Trinajstić information content (AvgIpc) is 3.11. The Labute approximate surface area is 117 Å². The lowest BCUT2D eigenvalue weighted by Crippen LogP contribution is -1.93. The molecule has 0 spiro atoms. The molecule has 0 unspecified atom stereocenters. The number of rotatable bonds is 3. The number of hydrogen-bond acceptors (Lipinski definition) is 6. The maximum absolute atomic E-state index is 9.07. The van der Waals surface area contributed by atoms with Gasteiger partial charge in [0.2, 0.25) is 5.82 Å². The number of fused-ring (bicyclic) bond motifs is 1. The minimum absolute atomic E-state index is 0.215. The molecule has 0 amide bonds. The molecule has 0 aliphatic heterocycles. The van der Waals surface area contributed by atoms with Crippen LogP contribution in [0.15, 0.2) is 24.4 Å². The Bertz CT molecular complexity index is 811. The highest BCUT2D eigenvalue weighted by Crippen LogP contribution is 2.26. The van der Waals surface area contributed by atoms with Crippen LogP contribution in [-0.2, 0) is 0 Å². The number of aromatic nitrogens is 6. The van der Waals surface area contributed by atoms with Crippen molar-refractivity contribution in [2.75, 3.05) is 5.32 Å². The lowest BCUT2D eigenvalue weighted by atomic mass is 10.2. The standard InChI is InChI=1S/C11H7ClN8/c12-10-7-2-1-3-8(9(7)15-16-10)14-5-6(4-13)11-17-19-20-18-11/h1-3,5,14H,(H,15,16)(H,17,18,19,20). The summed E-state index contributed by atoms with van der Waals surface area (Å²) in [5.41, 5.74) is 1.64. The molecule has 0 atom stereocenters. The highest BCUT2D eigenvalue weighted by Gasteiger charge is 2.08. The quantitative estimate of drug-likeness (QED) is 0.631. The van der Waals surface area contributed by atoms with E-state index in [0.29, 0.717) is 16.4 Å². The Kier molecular flexibility index (Phi) is 3.02. The van der Waals surface area contributed by atoms with Crippen LogP contribution >= 0.6 is 11.6 Å². The van der Waals surface area contributed by atoms with Gasteiger partial charge in [0.1, 0.15) is 22.3 Å². The van der Waals surface area contributed by atoms with Crippen LogP contribution in [0.3, 0.4) is 0 Å². The molecule has 3 aromatic rings. The third-order valence-electron chi connectivity index (χ3n) is 2.62. The van der Waals surface area contributed by atoms with Crippen LogP contribution in [0.1, 0.15) is 5.82 Å². The molecule has 9 heteroatoms. The van der Waals surface area contributed by atoms with E-state index >= 15 is 0 Å². The highest BCUT2D eigenvalue weighted by molar-refractivity contribution is 6.34. The van der Waals surface area contributed by atoms with Crippen LogP contribution in [0.4, 0.5) is 5.69 Å². The second-order valence-corrected chi connectivity index (χ2v) is 4.17. The van der Waals surface area contributed by atoms with Gasteiger partial charge in [0.25, 0.3) is 0 Å². The van der Waals surface area contributed by atoms with Gasteiger partial charge in [-0.2, -0.15) is 15.6 Å². The van der Waals surface area contributed by atoms with Crippen molar-refractivity contribution >= 4 is 33.8 Å². The molecular formula is C11H7ClN8. The minimum atomic E-state index is 0.215. The van der Waals surface area contributed by atoms with Gasteiger partial charge >= 0.3 is 0 Å². The minimum Gasteiger partial charge on any atom is -0.358 e. The number of nitriles is 1. The van der Waals surface area contributed by atoms with Crippen molar-refractivity contribution in [2.45, 2.75) is 0 Å². The Morgan fingerprint density at radius 1 is 1.40 bits per heavy atom. The summed E-state index contributed by atoms with van der Waals surface area (Å²) < 4.78 is 0. The van der Waals surface area contributed by atoms with Crippen LogP contribution in [0.25, 0.3) is 16.5 Å². The first-order valence-electron chi connectivity index (χ1n) is 5.53. The van der Waals surface area contributed by atoms with E-state index in [0.717, 1.165) is 5.39 Å². The van der Waals surface area contributed by atoms with Gasteiger partial charge in [-0.05, 0) is 17.3 Å². The molecule has 0 saturated carbocycles. The van der Waals surface area contributed by atoms with E-state index < -0.39 is 0 Å². The summed E-state index contributed by atoms with van der Waals surface area (Å²) in [6, 6.07) is 7.49. The lowest BCUT2D eigenvalue weighted by Gasteiger charge is -2.01. The van der Waals surface area contributed by atoms with Crippen molar-refractivity contribution in [3.63, 3.8) is 0 Å². The largest absolute Gasteiger partial charge is 0.358 e. The molecule has 3 N–H and O–H groups in total.